The van der Waals surface area contributed by atoms with E-state index in [1.54, 1.807) is 30.3 Å². The first kappa shape index (κ1) is 29.5. The molecule has 0 fully saturated rings. The fourth-order valence-corrected chi connectivity index (χ4v) is 6.38. The third-order valence-corrected chi connectivity index (χ3v) is 8.72. The predicted molar refractivity (Wildman–Crippen MR) is 182 cm³/mol. The maximum atomic E-state index is 12.9. The van der Waals surface area contributed by atoms with Crippen molar-refractivity contribution in [3.63, 3.8) is 0 Å². The lowest BCUT2D eigenvalue weighted by Crippen LogP contribution is -2.33. The summed E-state index contributed by atoms with van der Waals surface area (Å²) in [5.41, 5.74) is 6.28. The molecule has 2 aromatic heterocycles. The maximum Gasteiger partial charge on any atom is 0.285 e. The minimum absolute atomic E-state index is 0.0251. The van der Waals surface area contributed by atoms with Gasteiger partial charge in [-0.2, -0.15) is 4.99 Å². The van der Waals surface area contributed by atoms with Crippen molar-refractivity contribution in [3.05, 3.63) is 124 Å². The van der Waals surface area contributed by atoms with E-state index >= 15 is 0 Å². The van der Waals surface area contributed by atoms with Crippen LogP contribution >= 0.6 is 22.9 Å². The van der Waals surface area contributed by atoms with Crippen LogP contribution in [0.1, 0.15) is 32.0 Å². The zero-order chi connectivity index (χ0) is 31.8. The number of aromatic nitrogens is 3. The number of carbonyl (C=O) groups excluding carboxylic acids is 2. The number of thiazole rings is 1. The first-order valence-electron chi connectivity index (χ1n) is 14.5. The molecule has 0 radical (unpaired) electrons. The lowest BCUT2D eigenvalue weighted by atomic mass is 10.1. The predicted octanol–water partition coefficient (Wildman–Crippen LogP) is 7.00. The van der Waals surface area contributed by atoms with Crippen molar-refractivity contribution in [2.24, 2.45) is 4.99 Å². The first-order valence-corrected chi connectivity index (χ1v) is 15.7. The standard InChI is InChI=1S/C35H27ClN6O3S/c1-40(2)24-15-11-22(12-16-24)13-17-29-32(39-35-38-28-18-14-23(36)21-31(28)46-35)41(30-10-6-5-9-27(30)37-29)19-20-45-42-33(43)25-7-3-4-8-26(25)34(42)44/h3-18,21H,19-20H2,1-2H3/b17-13+,39-32+. The van der Waals surface area contributed by atoms with Gasteiger partial charge in [0.25, 0.3) is 11.8 Å². The topological polar surface area (TPSA) is 92.9 Å². The largest absolute Gasteiger partial charge is 0.378 e. The zero-order valence-corrected chi connectivity index (χ0v) is 26.5. The molecule has 7 rings (SSSR count). The lowest BCUT2D eigenvalue weighted by molar-refractivity contribution is -0.0935. The molecule has 0 saturated heterocycles. The van der Waals surface area contributed by atoms with Gasteiger partial charge in [0.1, 0.15) is 5.69 Å². The van der Waals surface area contributed by atoms with Gasteiger partial charge in [-0.25, -0.2) is 9.97 Å². The number of rotatable bonds is 8. The van der Waals surface area contributed by atoms with Crippen LogP contribution in [0.25, 0.3) is 33.4 Å². The number of amides is 2. The highest BCUT2D eigenvalue weighted by Crippen LogP contribution is 2.30. The van der Waals surface area contributed by atoms with Gasteiger partial charge in [0.15, 0.2) is 5.49 Å². The van der Waals surface area contributed by atoms with Gasteiger partial charge in [0.2, 0.25) is 5.13 Å². The third-order valence-electron chi connectivity index (χ3n) is 7.57. The number of nitrogens with zero attached hydrogens (tertiary/aromatic N) is 6. The summed E-state index contributed by atoms with van der Waals surface area (Å²) in [4.78, 5) is 48.5. The van der Waals surface area contributed by atoms with E-state index in [-0.39, 0.29) is 13.2 Å². The molecule has 4 aromatic carbocycles. The van der Waals surface area contributed by atoms with Crippen LogP contribution in [-0.2, 0) is 11.4 Å². The van der Waals surface area contributed by atoms with Crippen LogP contribution in [-0.4, -0.2) is 52.1 Å². The summed E-state index contributed by atoms with van der Waals surface area (Å²) in [5.74, 6) is -0.959. The molecule has 0 atom stereocenters. The van der Waals surface area contributed by atoms with Crippen molar-refractivity contribution in [2.75, 3.05) is 25.6 Å². The van der Waals surface area contributed by atoms with Gasteiger partial charge >= 0.3 is 0 Å². The minimum Gasteiger partial charge on any atom is -0.378 e. The smallest absolute Gasteiger partial charge is 0.285 e. The number of hydrogen-bond donors (Lipinski definition) is 0. The summed E-state index contributed by atoms with van der Waals surface area (Å²) in [6.07, 6.45) is 3.93. The summed E-state index contributed by atoms with van der Waals surface area (Å²) >= 11 is 7.67. The van der Waals surface area contributed by atoms with Crippen molar-refractivity contribution in [1.29, 1.82) is 0 Å². The number of fused-ring (bicyclic) bond motifs is 3. The second-order valence-corrected chi connectivity index (χ2v) is 12.2. The molecule has 0 saturated carbocycles. The molecule has 6 aromatic rings. The summed E-state index contributed by atoms with van der Waals surface area (Å²) in [7, 11) is 4.01. The van der Waals surface area contributed by atoms with Crippen LogP contribution in [0.15, 0.2) is 96.0 Å². The number of halogens is 1. The second-order valence-electron chi connectivity index (χ2n) is 10.8. The SMILES string of the molecule is CN(C)c1ccc(/C=C/c2nc3ccccc3n(CCON3C(=O)c4ccccc4C3=O)/c2=N/c2nc3ccc(Cl)cc3s2)cc1. The van der Waals surface area contributed by atoms with Crippen LogP contribution in [0, 0.1) is 0 Å². The Kier molecular flexibility index (Phi) is 7.91. The average Bonchev–Trinajstić information content (AvgIpc) is 3.57. The quantitative estimate of drug-likeness (QED) is 0.165. The number of anilines is 1. The zero-order valence-electron chi connectivity index (χ0n) is 24.9. The highest BCUT2D eigenvalue weighted by Gasteiger charge is 2.36. The summed E-state index contributed by atoms with van der Waals surface area (Å²) in [6, 6.07) is 28.2. The van der Waals surface area contributed by atoms with E-state index in [0.29, 0.717) is 32.5 Å². The molecule has 0 aliphatic carbocycles. The molecule has 46 heavy (non-hydrogen) atoms. The number of benzene rings is 4. The molecule has 0 N–H and O–H groups in total. The molecule has 0 spiro atoms. The van der Waals surface area contributed by atoms with Gasteiger partial charge < -0.3 is 9.47 Å². The van der Waals surface area contributed by atoms with Gasteiger partial charge in [-0.1, -0.05) is 65.4 Å². The molecule has 0 bridgehead atoms. The molecule has 9 nitrogen and oxygen atoms in total. The number of carbonyl (C=O) groups is 2. The molecular formula is C35H27ClN6O3S. The Bertz CT molecular complexity index is 2210. The molecule has 0 unspecified atom stereocenters. The number of hydroxylamine groups is 2. The second kappa shape index (κ2) is 12.3. The van der Waals surface area contributed by atoms with Gasteiger partial charge in [0, 0.05) is 24.8 Å². The van der Waals surface area contributed by atoms with Crippen molar-refractivity contribution < 1.29 is 14.4 Å². The number of para-hydroxylation sites is 2. The van der Waals surface area contributed by atoms with Gasteiger partial charge in [-0.3, -0.25) is 14.4 Å². The lowest BCUT2D eigenvalue weighted by Gasteiger charge is -2.17. The van der Waals surface area contributed by atoms with Crippen LogP contribution < -0.4 is 10.4 Å². The Morgan fingerprint density at radius 1 is 0.870 bits per heavy atom. The van der Waals surface area contributed by atoms with E-state index in [0.717, 1.165) is 37.6 Å². The Labute approximate surface area is 273 Å². The van der Waals surface area contributed by atoms with E-state index in [1.807, 2.05) is 84.2 Å². The monoisotopic (exact) mass is 646 g/mol. The Hall–Kier alpha value is -5.16. The fraction of sp³-hybridized carbons (Fsp3) is 0.114. The van der Waals surface area contributed by atoms with Gasteiger partial charge in [-0.05, 0) is 66.2 Å². The molecule has 11 heteroatoms. The third kappa shape index (κ3) is 5.69. The molecule has 3 heterocycles. The van der Waals surface area contributed by atoms with Gasteiger partial charge in [0.05, 0.1) is 45.5 Å². The average molecular weight is 647 g/mol. The first-order chi connectivity index (χ1) is 22.4. The molecular weight excluding hydrogens is 620 g/mol. The van der Waals surface area contributed by atoms with Crippen LogP contribution in [0.5, 0.6) is 0 Å². The van der Waals surface area contributed by atoms with Crippen molar-refractivity contribution >= 4 is 79.0 Å². The molecule has 1 aliphatic heterocycles. The highest BCUT2D eigenvalue weighted by atomic mass is 35.5. The van der Waals surface area contributed by atoms with Crippen molar-refractivity contribution in [3.8, 4) is 0 Å². The van der Waals surface area contributed by atoms with E-state index in [2.05, 4.69) is 12.1 Å². The molecule has 228 valence electrons. The maximum absolute atomic E-state index is 12.9. The normalized spacial score (nSPS) is 13.5. The summed E-state index contributed by atoms with van der Waals surface area (Å²) in [5, 5.41) is 2.00. The van der Waals surface area contributed by atoms with E-state index < -0.39 is 11.8 Å². The van der Waals surface area contributed by atoms with Crippen LogP contribution in [0.2, 0.25) is 5.02 Å². The summed E-state index contributed by atoms with van der Waals surface area (Å²) < 4.78 is 2.90. The minimum atomic E-state index is -0.479. The van der Waals surface area contributed by atoms with Crippen molar-refractivity contribution in [1.82, 2.24) is 19.6 Å². The fourth-order valence-electron chi connectivity index (χ4n) is 5.27. The Morgan fingerprint density at radius 2 is 1.59 bits per heavy atom. The van der Waals surface area contributed by atoms with E-state index in [4.69, 9.17) is 31.4 Å². The summed E-state index contributed by atoms with van der Waals surface area (Å²) in [6.45, 7) is 0.293. The molecule has 2 amide bonds. The number of hydrogen-bond acceptors (Lipinski definition) is 8. The Balaban J connectivity index is 1.31. The van der Waals surface area contributed by atoms with E-state index in [1.165, 1.54) is 11.3 Å². The van der Waals surface area contributed by atoms with Crippen LogP contribution in [0.4, 0.5) is 10.8 Å². The Morgan fingerprint density at radius 3 is 2.33 bits per heavy atom. The van der Waals surface area contributed by atoms with E-state index in [9.17, 15) is 9.59 Å². The van der Waals surface area contributed by atoms with Crippen LogP contribution in [0.3, 0.4) is 0 Å². The van der Waals surface area contributed by atoms with Crippen molar-refractivity contribution in [2.45, 2.75) is 6.54 Å². The van der Waals surface area contributed by atoms with Gasteiger partial charge in [-0.15, -0.1) is 5.06 Å². The highest BCUT2D eigenvalue weighted by molar-refractivity contribution is 7.22. The number of imide groups is 1. The molecule has 1 aliphatic rings.